The van der Waals surface area contributed by atoms with Crippen molar-refractivity contribution in [3.05, 3.63) is 89.1 Å². The van der Waals surface area contributed by atoms with Crippen molar-refractivity contribution in [2.45, 2.75) is 0 Å². The Hall–Kier alpha value is -4.59. The van der Waals surface area contributed by atoms with Crippen LogP contribution in [-0.4, -0.2) is 29.8 Å². The van der Waals surface area contributed by atoms with Gasteiger partial charge in [0.05, 0.1) is 12.7 Å². The summed E-state index contributed by atoms with van der Waals surface area (Å²) in [7, 11) is 1.46. The summed E-state index contributed by atoms with van der Waals surface area (Å²) in [6.45, 7) is 0. The smallest absolute Gasteiger partial charge is 0.257 e. The van der Waals surface area contributed by atoms with Gasteiger partial charge in [-0.3, -0.25) is 14.4 Å². The zero-order valence-electron chi connectivity index (χ0n) is 17.0. The van der Waals surface area contributed by atoms with Crippen molar-refractivity contribution in [3.8, 4) is 11.5 Å². The number of primary amides is 1. The molecule has 8 nitrogen and oxygen atoms in total. The Morgan fingerprint density at radius 2 is 1.78 bits per heavy atom. The number of amides is 2. The predicted octanol–water partition coefficient (Wildman–Crippen LogP) is 3.14. The zero-order valence-corrected chi connectivity index (χ0v) is 17.0. The number of nitrogens with two attached hydrogens (primary N) is 1. The number of ether oxygens (including phenoxy) is 1. The highest BCUT2D eigenvalue weighted by molar-refractivity contribution is 6.32. The Bertz CT molecular complexity index is 1300. The molecular formula is C24H19N3O5. The molecule has 0 aromatic heterocycles. The number of hydrogen-bond donors (Lipinski definition) is 4. The van der Waals surface area contributed by atoms with Crippen LogP contribution in [0.15, 0.2) is 66.9 Å². The first-order chi connectivity index (χ1) is 15.4. The van der Waals surface area contributed by atoms with E-state index in [-0.39, 0.29) is 23.0 Å². The fourth-order valence-corrected chi connectivity index (χ4v) is 3.39. The van der Waals surface area contributed by atoms with Crippen LogP contribution in [0.5, 0.6) is 11.5 Å². The number of nitrogens with one attached hydrogen (secondary N) is 2. The van der Waals surface area contributed by atoms with E-state index in [0.717, 1.165) is 0 Å². The van der Waals surface area contributed by atoms with Crippen LogP contribution in [0.1, 0.15) is 31.8 Å². The fraction of sp³-hybridized carbons (Fsp3) is 0.0417. The summed E-state index contributed by atoms with van der Waals surface area (Å²) in [5, 5.41) is 15.6. The molecule has 0 saturated heterocycles. The second-order valence-electron chi connectivity index (χ2n) is 7.08. The quantitative estimate of drug-likeness (QED) is 0.352. The average molecular weight is 429 g/mol. The fourth-order valence-electron chi connectivity index (χ4n) is 3.39. The molecule has 3 aromatic rings. The lowest BCUT2D eigenvalue weighted by atomic mass is 9.98. The molecule has 0 atom stereocenters. The third-order valence-electron chi connectivity index (χ3n) is 5.04. The van der Waals surface area contributed by atoms with E-state index < -0.39 is 5.91 Å². The van der Waals surface area contributed by atoms with Crippen molar-refractivity contribution in [1.82, 2.24) is 0 Å². The first-order valence-electron chi connectivity index (χ1n) is 9.61. The van der Waals surface area contributed by atoms with E-state index in [9.17, 15) is 19.5 Å². The van der Waals surface area contributed by atoms with Crippen LogP contribution in [0.2, 0.25) is 0 Å². The van der Waals surface area contributed by atoms with Crippen molar-refractivity contribution < 1.29 is 24.2 Å². The van der Waals surface area contributed by atoms with Crippen molar-refractivity contribution in [1.29, 1.82) is 0 Å². The number of aromatic hydroxyl groups is 1. The number of anilines is 2. The van der Waals surface area contributed by atoms with Gasteiger partial charge in [0.2, 0.25) is 5.91 Å². The van der Waals surface area contributed by atoms with E-state index in [0.29, 0.717) is 39.4 Å². The van der Waals surface area contributed by atoms with Crippen LogP contribution in [0.25, 0.3) is 5.57 Å². The number of rotatable bonds is 6. The molecule has 5 N–H and O–H groups in total. The maximum atomic E-state index is 12.9. The van der Waals surface area contributed by atoms with Crippen molar-refractivity contribution in [2.75, 3.05) is 17.7 Å². The number of benzene rings is 3. The molecule has 1 aliphatic heterocycles. The van der Waals surface area contributed by atoms with Gasteiger partial charge in [0, 0.05) is 45.9 Å². The van der Waals surface area contributed by atoms with Gasteiger partial charge < -0.3 is 26.2 Å². The molecule has 160 valence electrons. The molecule has 2 amide bonds. The lowest BCUT2D eigenvalue weighted by Gasteiger charge is -2.07. The van der Waals surface area contributed by atoms with Crippen LogP contribution in [0.4, 0.5) is 11.4 Å². The second kappa shape index (κ2) is 8.27. The second-order valence-corrected chi connectivity index (χ2v) is 7.08. The number of phenolic OH excluding ortho intramolecular Hbond substituents is 1. The Morgan fingerprint density at radius 1 is 1.03 bits per heavy atom. The van der Waals surface area contributed by atoms with Gasteiger partial charge >= 0.3 is 0 Å². The van der Waals surface area contributed by atoms with E-state index >= 15 is 0 Å². The molecule has 1 heterocycles. The number of ketones is 1. The molecule has 0 unspecified atom stereocenters. The average Bonchev–Trinajstić information content (AvgIpc) is 3.11. The summed E-state index contributed by atoms with van der Waals surface area (Å²) in [4.78, 5) is 36.7. The Morgan fingerprint density at radius 3 is 2.50 bits per heavy atom. The lowest BCUT2D eigenvalue weighted by molar-refractivity contribution is -0.110. The zero-order chi connectivity index (χ0) is 22.8. The molecular weight excluding hydrogens is 410 g/mol. The van der Waals surface area contributed by atoms with Crippen molar-refractivity contribution in [3.63, 3.8) is 0 Å². The number of fused-ring (bicyclic) bond motifs is 1. The number of hydrogen-bond acceptors (Lipinski definition) is 6. The summed E-state index contributed by atoms with van der Waals surface area (Å²) in [5.74, 6) is -0.935. The molecule has 0 aliphatic carbocycles. The van der Waals surface area contributed by atoms with Gasteiger partial charge in [-0.2, -0.15) is 0 Å². The SMILES string of the molecule is COc1ccc(NC=C2C(=O)Nc3cc(C(=O)c4cccc(C(N)=O)c4)ccc32)cc1O. The minimum Gasteiger partial charge on any atom is -0.504 e. The van der Waals surface area contributed by atoms with Gasteiger partial charge in [-0.25, -0.2) is 0 Å². The van der Waals surface area contributed by atoms with Gasteiger partial charge in [-0.15, -0.1) is 0 Å². The highest BCUT2D eigenvalue weighted by atomic mass is 16.5. The maximum Gasteiger partial charge on any atom is 0.257 e. The van der Waals surface area contributed by atoms with Gasteiger partial charge in [-0.1, -0.05) is 24.3 Å². The number of carbonyl (C=O) groups excluding carboxylic acids is 3. The summed E-state index contributed by atoms with van der Waals surface area (Å²) < 4.78 is 5.01. The highest BCUT2D eigenvalue weighted by Crippen LogP contribution is 2.34. The van der Waals surface area contributed by atoms with Crippen LogP contribution >= 0.6 is 0 Å². The molecule has 0 bridgehead atoms. The molecule has 0 radical (unpaired) electrons. The number of methoxy groups -OCH3 is 1. The molecule has 32 heavy (non-hydrogen) atoms. The third kappa shape index (κ3) is 3.89. The molecule has 0 spiro atoms. The van der Waals surface area contributed by atoms with E-state index in [1.54, 1.807) is 42.5 Å². The van der Waals surface area contributed by atoms with Crippen molar-refractivity contribution in [2.24, 2.45) is 5.73 Å². The van der Waals surface area contributed by atoms with Crippen LogP contribution in [0, 0.1) is 0 Å². The van der Waals surface area contributed by atoms with Crippen LogP contribution < -0.4 is 21.1 Å². The molecule has 0 saturated carbocycles. The van der Waals surface area contributed by atoms with Crippen LogP contribution in [0.3, 0.4) is 0 Å². The van der Waals surface area contributed by atoms with Crippen LogP contribution in [-0.2, 0) is 4.79 Å². The van der Waals surface area contributed by atoms with Crippen molar-refractivity contribution >= 4 is 34.5 Å². The summed E-state index contributed by atoms with van der Waals surface area (Å²) in [6, 6.07) is 15.8. The standard InChI is InChI=1S/C24H19N3O5/c1-32-21-8-6-16(11-20(21)28)26-12-18-17-7-5-14(10-19(17)27-24(18)31)22(29)13-3-2-4-15(9-13)23(25)30/h2-12,26,28H,1H3,(H2,25,30)(H,27,31). The number of phenols is 1. The lowest BCUT2D eigenvalue weighted by Crippen LogP contribution is -2.12. The van der Waals surface area contributed by atoms with Gasteiger partial charge in [-0.05, 0) is 30.3 Å². The molecule has 0 fully saturated rings. The number of carbonyl (C=O) groups is 3. The first-order valence-corrected chi connectivity index (χ1v) is 9.61. The highest BCUT2D eigenvalue weighted by Gasteiger charge is 2.25. The van der Waals surface area contributed by atoms with E-state index in [1.807, 2.05) is 0 Å². The van der Waals surface area contributed by atoms with Gasteiger partial charge in [0.25, 0.3) is 5.91 Å². The Kier molecular flexibility index (Phi) is 5.34. The Balaban J connectivity index is 1.59. The minimum atomic E-state index is -0.617. The van der Waals surface area contributed by atoms with E-state index in [2.05, 4.69) is 10.6 Å². The molecule has 3 aromatic carbocycles. The summed E-state index contributed by atoms with van der Waals surface area (Å²) >= 11 is 0. The van der Waals surface area contributed by atoms with Gasteiger partial charge in [0.15, 0.2) is 17.3 Å². The largest absolute Gasteiger partial charge is 0.504 e. The topological polar surface area (TPSA) is 131 Å². The third-order valence-corrected chi connectivity index (χ3v) is 5.04. The molecule has 4 rings (SSSR count). The first kappa shape index (κ1) is 20.7. The maximum absolute atomic E-state index is 12.9. The minimum absolute atomic E-state index is 0.0317. The molecule has 8 heteroatoms. The predicted molar refractivity (Wildman–Crippen MR) is 120 cm³/mol. The monoisotopic (exact) mass is 429 g/mol. The summed E-state index contributed by atoms with van der Waals surface area (Å²) in [5.41, 5.74) is 8.29. The van der Waals surface area contributed by atoms with E-state index in [1.165, 1.54) is 31.5 Å². The van der Waals surface area contributed by atoms with Gasteiger partial charge in [0.1, 0.15) is 0 Å². The normalized spacial score (nSPS) is 13.4. The molecule has 1 aliphatic rings. The summed E-state index contributed by atoms with van der Waals surface area (Å²) in [6.07, 6.45) is 1.53. The Labute approximate surface area is 183 Å². The van der Waals surface area contributed by atoms with E-state index in [4.69, 9.17) is 10.5 Å².